The molecule has 0 radical (unpaired) electrons. The van der Waals surface area contributed by atoms with Crippen LogP contribution < -0.4 is 19.5 Å². The van der Waals surface area contributed by atoms with E-state index in [4.69, 9.17) is 14.2 Å². The summed E-state index contributed by atoms with van der Waals surface area (Å²) in [6, 6.07) is 21.9. The molecule has 0 aliphatic rings. The van der Waals surface area contributed by atoms with Crippen molar-refractivity contribution < 1.29 is 51.7 Å². The molecule has 0 aliphatic heterocycles. The maximum Gasteiger partial charge on any atom is 0.416 e. The van der Waals surface area contributed by atoms with Gasteiger partial charge in [0.15, 0.2) is 0 Å². The number of halogens is 3. The highest BCUT2D eigenvalue weighted by atomic mass is 19.4. The van der Waals surface area contributed by atoms with Gasteiger partial charge in [0.25, 0.3) is 5.91 Å². The molecular formula is C42H45F3N2O8. The van der Waals surface area contributed by atoms with E-state index in [9.17, 15) is 37.5 Å². The second kappa shape index (κ2) is 20.6. The van der Waals surface area contributed by atoms with Crippen molar-refractivity contribution in [3.63, 3.8) is 0 Å². The summed E-state index contributed by atoms with van der Waals surface area (Å²) < 4.78 is 56.9. The van der Waals surface area contributed by atoms with Crippen LogP contribution in [0.2, 0.25) is 0 Å². The van der Waals surface area contributed by atoms with Crippen molar-refractivity contribution >= 4 is 29.4 Å². The van der Waals surface area contributed by atoms with Gasteiger partial charge < -0.3 is 29.5 Å². The number of anilines is 1. The molecule has 2 N–H and O–H groups in total. The molecule has 2 amide bonds. The van der Waals surface area contributed by atoms with Gasteiger partial charge in [0.1, 0.15) is 23.8 Å². The second-order valence-electron chi connectivity index (χ2n) is 12.9. The van der Waals surface area contributed by atoms with E-state index in [1.165, 1.54) is 87.7 Å². The van der Waals surface area contributed by atoms with Gasteiger partial charge in [-0.25, -0.2) is 4.79 Å². The van der Waals surface area contributed by atoms with Gasteiger partial charge in [0.05, 0.1) is 31.3 Å². The molecule has 0 fully saturated rings. The molecule has 4 aromatic rings. The molecule has 0 heterocycles. The molecule has 292 valence electrons. The molecule has 0 bridgehead atoms. The van der Waals surface area contributed by atoms with E-state index in [-0.39, 0.29) is 34.9 Å². The number of amides is 2. The van der Waals surface area contributed by atoms with Crippen molar-refractivity contribution in [2.75, 3.05) is 25.6 Å². The number of rotatable bonds is 20. The minimum absolute atomic E-state index is 0.00358. The number of carboxylic acid groups (broad SMARTS) is 1. The predicted octanol–water partition coefficient (Wildman–Crippen LogP) is 8.97. The fourth-order valence-corrected chi connectivity index (χ4v) is 5.71. The lowest BCUT2D eigenvalue weighted by Crippen LogP contribution is -2.35. The SMILES string of the molecule is CCCCCCCCCOc1ccc(C(=O)Oc2ccc(CN(CC(=O)O)C(=O)c3ccc(NC(=O)Cc4ccc(OC)cc4C(F)(F)F)cc3)cc2)cc1. The highest BCUT2D eigenvalue weighted by Crippen LogP contribution is 2.35. The van der Waals surface area contributed by atoms with Crippen LogP contribution in [0, 0.1) is 0 Å². The van der Waals surface area contributed by atoms with Crippen molar-refractivity contribution in [2.45, 2.75) is 71.0 Å². The molecule has 4 rings (SSSR count). The molecule has 13 heteroatoms. The Balaban J connectivity index is 1.29. The number of nitrogens with one attached hydrogen (secondary N) is 1. The van der Waals surface area contributed by atoms with E-state index < -0.39 is 48.5 Å². The van der Waals surface area contributed by atoms with Gasteiger partial charge in [0, 0.05) is 17.8 Å². The van der Waals surface area contributed by atoms with E-state index in [1.54, 1.807) is 36.4 Å². The lowest BCUT2D eigenvalue weighted by molar-refractivity contribution is -0.139. The van der Waals surface area contributed by atoms with Gasteiger partial charge in [-0.2, -0.15) is 13.2 Å². The van der Waals surface area contributed by atoms with Crippen molar-refractivity contribution in [3.05, 3.63) is 119 Å². The Morgan fingerprint density at radius 2 is 1.35 bits per heavy atom. The first-order valence-corrected chi connectivity index (χ1v) is 18.0. The average molecular weight is 763 g/mol. The summed E-state index contributed by atoms with van der Waals surface area (Å²) in [7, 11) is 1.24. The summed E-state index contributed by atoms with van der Waals surface area (Å²) in [5, 5.41) is 12.0. The highest BCUT2D eigenvalue weighted by molar-refractivity contribution is 5.97. The Kier molecular flexibility index (Phi) is 15.7. The highest BCUT2D eigenvalue weighted by Gasteiger charge is 2.34. The Labute approximate surface area is 318 Å². The quantitative estimate of drug-likeness (QED) is 0.0519. The standard InChI is InChI=1S/C42H45F3N2O8/c1-3-4-5-6-7-8-9-24-54-34-21-14-31(15-22-34)41(52)55-35-19-10-29(11-20-35)27-47(28-39(49)50)40(51)30-12-17-33(18-13-30)46-38(48)25-32-16-23-36(53-2)26-37(32)42(43,44)45/h10-23,26H,3-9,24-25,27-28H2,1-2H3,(H,46,48)(H,49,50). The number of nitrogens with zero attached hydrogens (tertiary/aromatic N) is 1. The molecule has 0 unspecified atom stereocenters. The molecule has 10 nitrogen and oxygen atoms in total. The maximum atomic E-state index is 13.6. The van der Waals surface area contributed by atoms with Crippen LogP contribution in [-0.4, -0.2) is 54.0 Å². The largest absolute Gasteiger partial charge is 0.497 e. The van der Waals surface area contributed by atoms with Gasteiger partial charge >= 0.3 is 18.1 Å². The van der Waals surface area contributed by atoms with Crippen molar-refractivity contribution in [1.29, 1.82) is 0 Å². The third kappa shape index (κ3) is 13.5. The van der Waals surface area contributed by atoms with Gasteiger partial charge in [-0.1, -0.05) is 63.6 Å². The first-order chi connectivity index (χ1) is 26.4. The van der Waals surface area contributed by atoms with E-state index in [1.807, 2.05) is 0 Å². The number of ether oxygens (including phenoxy) is 3. The average Bonchev–Trinajstić information content (AvgIpc) is 3.16. The lowest BCUT2D eigenvalue weighted by Gasteiger charge is -2.21. The summed E-state index contributed by atoms with van der Waals surface area (Å²) >= 11 is 0. The number of carbonyl (C=O) groups excluding carboxylic acids is 3. The number of carbonyl (C=O) groups is 4. The lowest BCUT2D eigenvalue weighted by atomic mass is 10.0. The molecule has 0 spiro atoms. The van der Waals surface area contributed by atoms with Crippen LogP contribution in [0.3, 0.4) is 0 Å². The van der Waals surface area contributed by atoms with E-state index in [0.29, 0.717) is 23.5 Å². The van der Waals surface area contributed by atoms with Gasteiger partial charge in [-0.3, -0.25) is 14.4 Å². The number of hydrogen-bond donors (Lipinski definition) is 2. The van der Waals surface area contributed by atoms with Gasteiger partial charge in [0.2, 0.25) is 5.91 Å². The van der Waals surface area contributed by atoms with Gasteiger partial charge in [-0.15, -0.1) is 0 Å². The normalized spacial score (nSPS) is 11.1. The number of hydrogen-bond acceptors (Lipinski definition) is 7. The number of methoxy groups -OCH3 is 1. The van der Waals surface area contributed by atoms with Crippen LogP contribution in [0.5, 0.6) is 17.2 Å². The Hall–Kier alpha value is -5.85. The fraction of sp³-hybridized carbons (Fsp3) is 0.333. The zero-order valence-electron chi connectivity index (χ0n) is 30.8. The molecule has 4 aromatic carbocycles. The zero-order chi connectivity index (χ0) is 39.8. The van der Waals surface area contributed by atoms with E-state index in [0.717, 1.165) is 23.8 Å². The van der Waals surface area contributed by atoms with Crippen LogP contribution >= 0.6 is 0 Å². The minimum atomic E-state index is -4.70. The van der Waals surface area contributed by atoms with Crippen LogP contribution in [0.4, 0.5) is 18.9 Å². The number of benzene rings is 4. The number of unbranched alkanes of at least 4 members (excludes halogenated alkanes) is 6. The molecule has 0 aliphatic carbocycles. The summed E-state index contributed by atoms with van der Waals surface area (Å²) in [6.07, 6.45) is 3.05. The third-order valence-corrected chi connectivity index (χ3v) is 8.62. The smallest absolute Gasteiger partial charge is 0.416 e. The first kappa shape index (κ1) is 41.9. The zero-order valence-corrected chi connectivity index (χ0v) is 30.8. The fourth-order valence-electron chi connectivity index (χ4n) is 5.71. The molecular weight excluding hydrogens is 717 g/mol. The van der Waals surface area contributed by atoms with E-state index in [2.05, 4.69) is 12.2 Å². The Morgan fingerprint density at radius 3 is 1.96 bits per heavy atom. The van der Waals surface area contributed by atoms with Crippen molar-refractivity contribution in [2.24, 2.45) is 0 Å². The number of esters is 1. The topological polar surface area (TPSA) is 131 Å². The number of carboxylic acids is 1. The summed E-state index contributed by atoms with van der Waals surface area (Å²) in [6.45, 7) is 2.11. The van der Waals surface area contributed by atoms with Crippen LogP contribution in [0.25, 0.3) is 0 Å². The van der Waals surface area contributed by atoms with Crippen molar-refractivity contribution in [3.8, 4) is 17.2 Å². The second-order valence-corrected chi connectivity index (χ2v) is 12.9. The number of aliphatic carboxylic acids is 1. The van der Waals surface area contributed by atoms with Gasteiger partial charge in [-0.05, 0) is 90.3 Å². The van der Waals surface area contributed by atoms with Crippen LogP contribution in [0.1, 0.15) is 89.3 Å². The number of alkyl halides is 3. The molecule has 0 aromatic heterocycles. The minimum Gasteiger partial charge on any atom is -0.497 e. The monoisotopic (exact) mass is 762 g/mol. The van der Waals surface area contributed by atoms with E-state index >= 15 is 0 Å². The summed E-state index contributed by atoms with van der Waals surface area (Å²) in [5.74, 6) is -2.21. The molecule has 0 saturated carbocycles. The summed E-state index contributed by atoms with van der Waals surface area (Å²) in [5.41, 5.74) is 0.0206. The molecule has 0 atom stereocenters. The summed E-state index contributed by atoms with van der Waals surface area (Å²) in [4.78, 5) is 51.5. The van der Waals surface area contributed by atoms with Crippen LogP contribution in [-0.2, 0) is 28.7 Å². The first-order valence-electron chi connectivity index (χ1n) is 18.0. The maximum absolute atomic E-state index is 13.6. The predicted molar refractivity (Wildman–Crippen MR) is 200 cm³/mol. The molecule has 55 heavy (non-hydrogen) atoms. The third-order valence-electron chi connectivity index (χ3n) is 8.62. The Bertz CT molecular complexity index is 1880. The Morgan fingerprint density at radius 1 is 0.745 bits per heavy atom. The van der Waals surface area contributed by atoms with Crippen LogP contribution in [0.15, 0.2) is 91.0 Å². The molecule has 0 saturated heterocycles. The van der Waals surface area contributed by atoms with Crippen molar-refractivity contribution in [1.82, 2.24) is 4.90 Å².